The van der Waals surface area contributed by atoms with E-state index < -0.39 is 91.3 Å². The maximum Gasteiger partial charge on any atom is 0.339 e. The normalized spacial score (nSPS) is 30.4. The number of hydrogen-bond donors (Lipinski definition) is 1. The second-order valence-electron chi connectivity index (χ2n) is 9.53. The summed E-state index contributed by atoms with van der Waals surface area (Å²) in [5.41, 5.74) is 0.248. The van der Waals surface area contributed by atoms with Gasteiger partial charge >= 0.3 is 35.8 Å². The van der Waals surface area contributed by atoms with Crippen LogP contribution in [-0.4, -0.2) is 91.1 Å². The van der Waals surface area contributed by atoms with E-state index in [4.69, 9.17) is 37.9 Å². The van der Waals surface area contributed by atoms with Gasteiger partial charge < -0.3 is 43.0 Å². The van der Waals surface area contributed by atoms with Gasteiger partial charge in [-0.3, -0.25) is 24.0 Å². The summed E-state index contributed by atoms with van der Waals surface area (Å²) in [7, 11) is 0. The first-order valence-corrected chi connectivity index (χ1v) is 12.7. The zero-order valence-electron chi connectivity index (χ0n) is 23.1. The Morgan fingerprint density at radius 1 is 0.780 bits per heavy atom. The van der Waals surface area contributed by atoms with Crippen LogP contribution in [0.4, 0.5) is 0 Å². The summed E-state index contributed by atoms with van der Waals surface area (Å²) in [6.07, 6.45) is -5.44. The summed E-state index contributed by atoms with van der Waals surface area (Å²) in [5.74, 6) is -6.13. The molecule has 0 aromatic heterocycles. The van der Waals surface area contributed by atoms with Crippen molar-refractivity contribution in [1.29, 1.82) is 0 Å². The van der Waals surface area contributed by atoms with Gasteiger partial charge in [0.2, 0.25) is 12.6 Å². The lowest BCUT2D eigenvalue weighted by molar-refractivity contribution is -0.342. The number of fused-ring (bicyclic) bond motifs is 1. The third kappa shape index (κ3) is 8.04. The molecule has 3 aliphatic rings. The molecule has 3 rings (SSSR count). The Labute approximate surface area is 234 Å². The molecular weight excluding hydrogens is 552 g/mol. The van der Waals surface area contributed by atoms with Crippen molar-refractivity contribution >= 4 is 35.8 Å². The molecule has 0 unspecified atom stereocenters. The standard InChI is InChI=1S/C26H32O15/c1-11(27)34-8-16-6-7-17-18(24(32)33)9-36-25(20(16)17)41-26-23(39-15(5)31)22(38-14(4)30)21(37-13(3)29)19(40-26)10-35-12(2)28/h7,9,16,19-23,25-26H,6,8,10H2,1-5H3,(H,32,33)/t16-,19+,20+,21+,22-,23+,25-,26-/m0/s1. The van der Waals surface area contributed by atoms with E-state index in [0.29, 0.717) is 12.0 Å². The number of carbonyl (C=O) groups excluding carboxylic acids is 5. The first-order chi connectivity index (χ1) is 19.3. The predicted octanol–water partition coefficient (Wildman–Crippen LogP) is 0.537. The van der Waals surface area contributed by atoms with Gasteiger partial charge in [0.1, 0.15) is 19.0 Å². The van der Waals surface area contributed by atoms with Crippen LogP contribution in [0.3, 0.4) is 0 Å². The van der Waals surface area contributed by atoms with Crippen LogP contribution in [0.15, 0.2) is 23.5 Å². The average molecular weight is 585 g/mol. The van der Waals surface area contributed by atoms with Gasteiger partial charge in [-0.05, 0) is 12.0 Å². The van der Waals surface area contributed by atoms with Crippen molar-refractivity contribution in [2.75, 3.05) is 13.2 Å². The Morgan fingerprint density at radius 2 is 1.34 bits per heavy atom. The molecule has 0 saturated carbocycles. The van der Waals surface area contributed by atoms with Crippen LogP contribution in [0.5, 0.6) is 0 Å². The Morgan fingerprint density at radius 3 is 1.90 bits per heavy atom. The molecule has 0 aromatic carbocycles. The lowest BCUT2D eigenvalue weighted by atomic mass is 9.86. The smallest absolute Gasteiger partial charge is 0.339 e. The maximum atomic E-state index is 12.1. The van der Waals surface area contributed by atoms with Crippen molar-refractivity contribution in [2.24, 2.45) is 11.8 Å². The maximum absolute atomic E-state index is 12.1. The van der Waals surface area contributed by atoms with E-state index in [-0.39, 0.29) is 12.2 Å². The van der Waals surface area contributed by atoms with E-state index in [2.05, 4.69) is 0 Å². The van der Waals surface area contributed by atoms with Crippen LogP contribution < -0.4 is 0 Å². The molecular formula is C26H32O15. The number of allylic oxidation sites excluding steroid dienone is 1. The summed E-state index contributed by atoms with van der Waals surface area (Å²) in [5, 5.41) is 9.67. The molecule has 0 radical (unpaired) electrons. The molecule has 1 fully saturated rings. The molecule has 0 spiro atoms. The summed E-state index contributed by atoms with van der Waals surface area (Å²) in [6, 6.07) is 0. The second kappa shape index (κ2) is 13.6. The average Bonchev–Trinajstić information content (AvgIpc) is 3.28. The van der Waals surface area contributed by atoms with Gasteiger partial charge in [0.05, 0.1) is 18.1 Å². The second-order valence-corrected chi connectivity index (χ2v) is 9.53. The molecule has 15 heteroatoms. The Hall–Kier alpha value is -3.98. The lowest BCUT2D eigenvalue weighted by Crippen LogP contribution is -2.63. The van der Waals surface area contributed by atoms with E-state index in [9.17, 15) is 33.9 Å². The van der Waals surface area contributed by atoms with Gasteiger partial charge in [0.25, 0.3) is 0 Å². The number of hydrogen-bond acceptors (Lipinski definition) is 14. The van der Waals surface area contributed by atoms with Crippen LogP contribution in [0, 0.1) is 11.8 Å². The van der Waals surface area contributed by atoms with Gasteiger partial charge in [0.15, 0.2) is 18.3 Å². The van der Waals surface area contributed by atoms with E-state index in [0.717, 1.165) is 34.0 Å². The SMILES string of the molecule is CC(=O)OC[C@@H]1CC=C2C(C(=O)O)=CO[C@@H](O[C@@H]3O[C@H](COC(C)=O)[C@@H](OC(C)=O)[C@H](OC(C)=O)[C@H]3OC(C)=O)[C@@H]21. The summed E-state index contributed by atoms with van der Waals surface area (Å²) < 4.78 is 44.1. The quantitative estimate of drug-likeness (QED) is 0.275. The van der Waals surface area contributed by atoms with Crippen molar-refractivity contribution in [2.45, 2.75) is 78.0 Å². The molecule has 1 saturated heterocycles. The molecule has 2 heterocycles. The Bertz CT molecular complexity index is 1120. The van der Waals surface area contributed by atoms with E-state index in [1.807, 2.05) is 0 Å². The highest BCUT2D eigenvalue weighted by molar-refractivity contribution is 5.92. The minimum Gasteiger partial charge on any atom is -0.478 e. The molecule has 0 aromatic rings. The van der Waals surface area contributed by atoms with Crippen LogP contribution >= 0.6 is 0 Å². The number of carbonyl (C=O) groups is 6. The van der Waals surface area contributed by atoms with Gasteiger partial charge in [-0.1, -0.05) is 6.08 Å². The number of rotatable bonds is 10. The number of carboxylic acids is 1. The van der Waals surface area contributed by atoms with Crippen LogP contribution in [0.1, 0.15) is 41.0 Å². The van der Waals surface area contributed by atoms with Gasteiger partial charge in [0, 0.05) is 40.5 Å². The summed E-state index contributed by atoms with van der Waals surface area (Å²) in [4.78, 5) is 70.9. The molecule has 0 amide bonds. The number of aliphatic carboxylic acids is 1. The zero-order valence-corrected chi connectivity index (χ0v) is 23.1. The Kier molecular flexibility index (Phi) is 10.5. The highest BCUT2D eigenvalue weighted by atomic mass is 16.8. The summed E-state index contributed by atoms with van der Waals surface area (Å²) >= 11 is 0. The molecule has 15 nitrogen and oxygen atoms in total. The zero-order chi connectivity index (χ0) is 30.4. The molecule has 41 heavy (non-hydrogen) atoms. The molecule has 8 atom stereocenters. The highest BCUT2D eigenvalue weighted by Gasteiger charge is 2.55. The molecule has 1 aliphatic carbocycles. The third-order valence-electron chi connectivity index (χ3n) is 6.38. The van der Waals surface area contributed by atoms with Crippen LogP contribution in [0.2, 0.25) is 0 Å². The molecule has 2 aliphatic heterocycles. The number of esters is 5. The fraction of sp³-hybridized carbons (Fsp3) is 0.615. The molecule has 1 N–H and O–H groups in total. The van der Waals surface area contributed by atoms with Crippen molar-refractivity contribution in [3.05, 3.63) is 23.5 Å². The predicted molar refractivity (Wildman–Crippen MR) is 130 cm³/mol. The monoisotopic (exact) mass is 584 g/mol. The lowest BCUT2D eigenvalue weighted by Gasteiger charge is -2.45. The number of ether oxygens (including phenoxy) is 8. The third-order valence-corrected chi connectivity index (χ3v) is 6.38. The Balaban J connectivity index is 2.00. The minimum atomic E-state index is -1.56. The largest absolute Gasteiger partial charge is 0.478 e. The topological polar surface area (TPSA) is 196 Å². The van der Waals surface area contributed by atoms with Gasteiger partial charge in [-0.2, -0.15) is 0 Å². The van der Waals surface area contributed by atoms with Crippen LogP contribution in [0.25, 0.3) is 0 Å². The van der Waals surface area contributed by atoms with Gasteiger partial charge in [-0.25, -0.2) is 4.79 Å². The highest BCUT2D eigenvalue weighted by Crippen LogP contribution is 2.44. The van der Waals surface area contributed by atoms with E-state index in [1.54, 1.807) is 6.08 Å². The van der Waals surface area contributed by atoms with Crippen molar-refractivity contribution in [1.82, 2.24) is 0 Å². The first kappa shape index (κ1) is 31.5. The van der Waals surface area contributed by atoms with Crippen LogP contribution in [-0.2, 0) is 66.7 Å². The number of carboxylic acid groups (broad SMARTS) is 1. The summed E-state index contributed by atoms with van der Waals surface area (Å²) in [6.45, 7) is 5.09. The fourth-order valence-corrected chi connectivity index (χ4v) is 4.88. The van der Waals surface area contributed by atoms with E-state index >= 15 is 0 Å². The van der Waals surface area contributed by atoms with Crippen molar-refractivity contribution in [3.8, 4) is 0 Å². The first-order valence-electron chi connectivity index (χ1n) is 12.7. The van der Waals surface area contributed by atoms with Gasteiger partial charge in [-0.15, -0.1) is 0 Å². The van der Waals surface area contributed by atoms with Crippen molar-refractivity contribution < 1.29 is 71.8 Å². The minimum absolute atomic E-state index is 0.0747. The molecule has 226 valence electrons. The van der Waals surface area contributed by atoms with Crippen molar-refractivity contribution in [3.63, 3.8) is 0 Å². The fourth-order valence-electron chi connectivity index (χ4n) is 4.88. The molecule has 0 bridgehead atoms. The van der Waals surface area contributed by atoms with E-state index in [1.165, 1.54) is 6.92 Å².